The normalized spacial score (nSPS) is 24.7. The Labute approximate surface area is 395 Å². The fourth-order valence-electron chi connectivity index (χ4n) is 10.2. The van der Waals surface area contributed by atoms with Gasteiger partial charge in [-0.25, -0.2) is 4.79 Å². The number of cyclic esters (lactones) is 1. The predicted molar refractivity (Wildman–Crippen MR) is 226 cm³/mol. The van der Waals surface area contributed by atoms with Crippen LogP contribution >= 0.6 is 0 Å². The quantitative estimate of drug-likeness (QED) is 0.0812. The van der Waals surface area contributed by atoms with Gasteiger partial charge in [-0.15, -0.1) is 0 Å². The predicted octanol–water partition coefficient (Wildman–Crippen LogP) is 9.93. The van der Waals surface area contributed by atoms with Crippen molar-refractivity contribution in [2.24, 2.45) is 34.0 Å². The number of rotatable bonds is 18. The van der Waals surface area contributed by atoms with Crippen LogP contribution in [0.5, 0.6) is 0 Å². The second kappa shape index (κ2) is 20.2. The maximum Gasteiger partial charge on any atom is 0.426 e. The largest absolute Gasteiger partial charge is 0.463 e. The van der Waals surface area contributed by atoms with E-state index in [1.165, 1.54) is 6.92 Å². The van der Waals surface area contributed by atoms with Crippen molar-refractivity contribution in [3.63, 3.8) is 0 Å². The van der Waals surface area contributed by atoms with E-state index >= 15 is 0 Å². The molecule has 8 unspecified atom stereocenters. The van der Waals surface area contributed by atoms with E-state index in [1.807, 2.05) is 6.92 Å². The lowest BCUT2D eigenvalue weighted by Crippen LogP contribution is -2.64. The lowest BCUT2D eigenvalue weighted by molar-refractivity contribution is -0.391. The second-order valence-corrected chi connectivity index (χ2v) is 21.1. The summed E-state index contributed by atoms with van der Waals surface area (Å²) in [6, 6.07) is 8.82. The monoisotopic (exact) mass is 1000 g/mol. The van der Waals surface area contributed by atoms with Gasteiger partial charge < -0.3 is 33.9 Å². The fourth-order valence-corrected chi connectivity index (χ4v) is 10.2. The van der Waals surface area contributed by atoms with Crippen LogP contribution in [0.1, 0.15) is 145 Å². The number of ether oxygens (including phenoxy) is 5. The SMILES string of the molecule is CCC1(OC(=O)C(C)(CC(C)CC(=O)OC(C)(C)c2ccccc2)CC(C)(C(=O)OC2CCOC2=O)C(C)(C)C(=O)OC2CC(C(C)(O)C(F)(F)F)CC(C(O)(C(F)(F)F)C(F)(F)F)C2)CCCC1. The van der Waals surface area contributed by atoms with Gasteiger partial charge in [0.05, 0.1) is 22.9 Å². The molecule has 1 aromatic rings. The molecule has 1 aromatic carbocycles. The minimum Gasteiger partial charge on any atom is -0.463 e. The van der Waals surface area contributed by atoms with Gasteiger partial charge in [-0.1, -0.05) is 44.2 Å². The molecule has 1 aliphatic heterocycles. The van der Waals surface area contributed by atoms with Gasteiger partial charge in [0.1, 0.15) is 17.3 Å². The van der Waals surface area contributed by atoms with Gasteiger partial charge in [0.25, 0.3) is 5.60 Å². The first kappa shape index (κ1) is 57.4. The minimum atomic E-state index is -6.51. The Morgan fingerprint density at radius 3 is 1.81 bits per heavy atom. The van der Waals surface area contributed by atoms with Gasteiger partial charge in [0, 0.05) is 24.7 Å². The van der Waals surface area contributed by atoms with Gasteiger partial charge in [-0.05, 0) is 124 Å². The molecule has 8 atom stereocenters. The molecule has 2 N–H and O–H groups in total. The zero-order valence-electron chi connectivity index (χ0n) is 40.3. The summed E-state index contributed by atoms with van der Waals surface area (Å²) in [6.45, 7) is 11.4. The average molecular weight is 1010 g/mol. The molecule has 4 rings (SSSR count). The molecule has 2 aliphatic carbocycles. The number of aliphatic hydroxyl groups is 2. The second-order valence-electron chi connectivity index (χ2n) is 21.1. The summed E-state index contributed by atoms with van der Waals surface area (Å²) in [4.78, 5) is 70.3. The van der Waals surface area contributed by atoms with E-state index in [4.69, 9.17) is 23.7 Å². The zero-order chi connectivity index (χ0) is 52.6. The molecule has 392 valence electrons. The van der Waals surface area contributed by atoms with E-state index < -0.39 is 143 Å². The highest BCUT2D eigenvalue weighted by molar-refractivity contribution is 5.90. The summed E-state index contributed by atoms with van der Waals surface area (Å²) in [5.74, 6) is -11.8. The highest BCUT2D eigenvalue weighted by Gasteiger charge is 2.75. The third kappa shape index (κ3) is 12.0. The molecular weight excluding hydrogens is 939 g/mol. The maximum atomic E-state index is 14.8. The summed E-state index contributed by atoms with van der Waals surface area (Å²) in [6.07, 6.45) is -25.4. The van der Waals surface area contributed by atoms with Crippen LogP contribution in [0, 0.1) is 34.0 Å². The van der Waals surface area contributed by atoms with Crippen LogP contribution in [0.15, 0.2) is 30.3 Å². The molecule has 2 saturated carbocycles. The van der Waals surface area contributed by atoms with Crippen molar-refractivity contribution in [2.45, 2.75) is 193 Å². The summed E-state index contributed by atoms with van der Waals surface area (Å²) in [7, 11) is 0. The van der Waals surface area contributed by atoms with E-state index in [-0.39, 0.29) is 32.8 Å². The number of carbonyl (C=O) groups excluding carboxylic acids is 5. The molecule has 3 fully saturated rings. The van der Waals surface area contributed by atoms with Gasteiger partial charge in [0.2, 0.25) is 6.10 Å². The van der Waals surface area contributed by atoms with E-state index in [1.54, 1.807) is 51.1 Å². The molecule has 1 saturated heterocycles. The molecule has 1 heterocycles. The summed E-state index contributed by atoms with van der Waals surface area (Å²) in [5.41, 5.74) is -17.6. The summed E-state index contributed by atoms with van der Waals surface area (Å²) >= 11 is 0. The number of benzene rings is 1. The first-order chi connectivity index (χ1) is 31.3. The summed E-state index contributed by atoms with van der Waals surface area (Å²) < 4.78 is 156. The molecule has 3 aliphatic rings. The number of hydrogen-bond donors (Lipinski definition) is 2. The Morgan fingerprint density at radius 1 is 0.768 bits per heavy atom. The van der Waals surface area contributed by atoms with Gasteiger partial charge in [0.15, 0.2) is 5.60 Å². The van der Waals surface area contributed by atoms with E-state index in [0.29, 0.717) is 37.7 Å². The van der Waals surface area contributed by atoms with Crippen LogP contribution < -0.4 is 0 Å². The van der Waals surface area contributed by atoms with Crippen LogP contribution in [0.3, 0.4) is 0 Å². The Balaban J connectivity index is 1.80. The van der Waals surface area contributed by atoms with Crippen molar-refractivity contribution in [3.8, 4) is 0 Å². The standard InChI is InChI=1S/C48H65F9O12/c1-10-44(19-14-15-20-44)69-37(61)41(7,26-28(2)22-34(58)68-40(5,6)29-16-12-11-13-17-29)27-42(8,38(62)67-33-18-21-65-35(33)59)39(3,4)36(60)66-32-24-30(43(9,63)46(49,50)51)23-31(25-32)45(64,47(52,53)54)48(55,56)57/h11-13,16-17,28,30-33,63-64H,10,14-15,18-27H2,1-9H3. The van der Waals surface area contributed by atoms with Crippen molar-refractivity contribution < 1.29 is 97.4 Å². The lowest BCUT2D eigenvalue weighted by atomic mass is 9.58. The van der Waals surface area contributed by atoms with Gasteiger partial charge in [-0.2, -0.15) is 39.5 Å². The molecule has 0 amide bonds. The molecule has 0 aromatic heterocycles. The number of alkyl halides is 9. The Hall–Kier alpha value is -4.14. The van der Waals surface area contributed by atoms with E-state index in [0.717, 1.165) is 20.8 Å². The number of carbonyl (C=O) groups is 5. The number of hydrogen-bond acceptors (Lipinski definition) is 12. The molecule has 12 nitrogen and oxygen atoms in total. The smallest absolute Gasteiger partial charge is 0.426 e. The van der Waals surface area contributed by atoms with Crippen molar-refractivity contribution in [3.05, 3.63) is 35.9 Å². The fraction of sp³-hybridized carbons (Fsp3) is 0.771. The van der Waals surface area contributed by atoms with E-state index in [9.17, 15) is 73.7 Å². The molecule has 69 heavy (non-hydrogen) atoms. The number of halogens is 9. The average Bonchev–Trinajstić information content (AvgIpc) is 3.87. The summed E-state index contributed by atoms with van der Waals surface area (Å²) in [5, 5.41) is 21.0. The van der Waals surface area contributed by atoms with Crippen molar-refractivity contribution in [2.75, 3.05) is 6.61 Å². The topological polar surface area (TPSA) is 172 Å². The van der Waals surface area contributed by atoms with Crippen LogP contribution in [-0.4, -0.2) is 94.2 Å². The van der Waals surface area contributed by atoms with Crippen LogP contribution in [0.2, 0.25) is 0 Å². The molecule has 0 spiro atoms. The highest BCUT2D eigenvalue weighted by Crippen LogP contribution is 2.57. The van der Waals surface area contributed by atoms with Crippen LogP contribution in [0.4, 0.5) is 39.5 Å². The lowest BCUT2D eigenvalue weighted by Gasteiger charge is -2.49. The van der Waals surface area contributed by atoms with Crippen molar-refractivity contribution in [1.82, 2.24) is 0 Å². The van der Waals surface area contributed by atoms with E-state index in [2.05, 4.69) is 0 Å². The van der Waals surface area contributed by atoms with Crippen molar-refractivity contribution >= 4 is 29.8 Å². The minimum absolute atomic E-state index is 0.128. The molecular formula is C48H65F9O12. The maximum absolute atomic E-state index is 14.8. The molecule has 21 heteroatoms. The first-order valence-electron chi connectivity index (χ1n) is 23.1. The Kier molecular flexibility index (Phi) is 16.8. The van der Waals surface area contributed by atoms with Crippen LogP contribution in [0.25, 0.3) is 0 Å². The van der Waals surface area contributed by atoms with Gasteiger partial charge in [-0.3, -0.25) is 19.2 Å². The Bertz CT molecular complexity index is 1990. The first-order valence-corrected chi connectivity index (χ1v) is 23.1. The third-order valence-electron chi connectivity index (χ3n) is 15.1. The highest BCUT2D eigenvalue weighted by atomic mass is 19.4. The van der Waals surface area contributed by atoms with Gasteiger partial charge >= 0.3 is 48.4 Å². The Morgan fingerprint density at radius 2 is 1.32 bits per heavy atom. The third-order valence-corrected chi connectivity index (χ3v) is 15.1. The van der Waals surface area contributed by atoms with Crippen LogP contribution in [-0.2, 0) is 53.3 Å². The van der Waals surface area contributed by atoms with Crippen molar-refractivity contribution in [1.29, 1.82) is 0 Å². The molecule has 0 bridgehead atoms. The molecule has 0 radical (unpaired) electrons. The zero-order valence-corrected chi connectivity index (χ0v) is 40.3. The number of esters is 5.